The summed E-state index contributed by atoms with van der Waals surface area (Å²) in [7, 11) is 1.35. The number of methoxy groups -OCH3 is 1. The molecule has 0 aliphatic heterocycles. The van der Waals surface area contributed by atoms with E-state index < -0.39 is 29.8 Å². The van der Waals surface area contributed by atoms with Gasteiger partial charge < -0.3 is 19.9 Å². The molecule has 1 aromatic carbocycles. The number of esters is 1. The van der Waals surface area contributed by atoms with E-state index in [4.69, 9.17) is 9.47 Å². The maximum Gasteiger partial charge on any atom is 0.328 e. The molecule has 0 aliphatic carbocycles. The van der Waals surface area contributed by atoms with E-state index in [-0.39, 0.29) is 23.2 Å². The number of hydrogen-bond donors (Lipinski definition) is 2. The number of rotatable bonds is 7. The number of aryl methyl sites for hydroxylation is 1. The van der Waals surface area contributed by atoms with E-state index in [0.29, 0.717) is 0 Å². The number of hydrogen-bond acceptors (Lipinski definition) is 6. The van der Waals surface area contributed by atoms with Crippen LogP contribution in [0.4, 0.5) is 4.39 Å². The van der Waals surface area contributed by atoms with Crippen molar-refractivity contribution in [2.45, 2.75) is 45.8 Å². The summed E-state index contributed by atoms with van der Waals surface area (Å²) in [5.41, 5.74) is 1.38. The lowest BCUT2D eigenvalue weighted by Gasteiger charge is -2.24. The van der Waals surface area contributed by atoms with E-state index in [1.54, 1.807) is 19.9 Å². The Hall–Kier alpha value is -3.16. The van der Waals surface area contributed by atoms with Gasteiger partial charge in [-0.1, -0.05) is 13.0 Å². The summed E-state index contributed by atoms with van der Waals surface area (Å²) in [6.07, 6.45) is 0.806. The molecule has 0 saturated heterocycles. The normalized spacial score (nSPS) is 13.9. The molecule has 1 amide bonds. The first-order valence-electron chi connectivity index (χ1n) is 9.15. The molecule has 7 nitrogen and oxygen atoms in total. The fourth-order valence-electron chi connectivity index (χ4n) is 2.88. The second kappa shape index (κ2) is 9.36. The first kappa shape index (κ1) is 22.1. The van der Waals surface area contributed by atoms with Crippen LogP contribution in [-0.2, 0) is 9.53 Å². The van der Waals surface area contributed by atoms with Crippen LogP contribution in [0.3, 0.4) is 0 Å². The highest BCUT2D eigenvalue weighted by Gasteiger charge is 2.26. The smallest absolute Gasteiger partial charge is 0.328 e. The summed E-state index contributed by atoms with van der Waals surface area (Å²) in [6, 6.07) is 4.89. The molecule has 0 unspecified atom stereocenters. The first-order valence-corrected chi connectivity index (χ1v) is 9.15. The third-order valence-corrected chi connectivity index (χ3v) is 4.75. The minimum Gasteiger partial charge on any atom is -0.503 e. The molecule has 0 fully saturated rings. The number of amides is 1. The Morgan fingerprint density at radius 3 is 2.52 bits per heavy atom. The van der Waals surface area contributed by atoms with Crippen LogP contribution >= 0.6 is 0 Å². The molecule has 1 aromatic heterocycles. The quantitative estimate of drug-likeness (QED) is 0.688. The van der Waals surface area contributed by atoms with Gasteiger partial charge in [-0.05, 0) is 44.0 Å². The van der Waals surface area contributed by atoms with Crippen LogP contribution in [0.15, 0.2) is 30.5 Å². The van der Waals surface area contributed by atoms with E-state index in [2.05, 4.69) is 10.3 Å². The number of carbonyl (C=O) groups excluding carboxylic acids is 2. The zero-order valence-corrected chi connectivity index (χ0v) is 17.0. The van der Waals surface area contributed by atoms with Crippen molar-refractivity contribution in [3.63, 3.8) is 0 Å². The van der Waals surface area contributed by atoms with Gasteiger partial charge in [-0.2, -0.15) is 0 Å². The summed E-state index contributed by atoms with van der Waals surface area (Å²) >= 11 is 0. The van der Waals surface area contributed by atoms with Crippen LogP contribution in [-0.4, -0.2) is 41.2 Å². The second-order valence-corrected chi connectivity index (χ2v) is 6.84. The summed E-state index contributed by atoms with van der Waals surface area (Å²) in [5.74, 6) is -2.19. The fourth-order valence-corrected chi connectivity index (χ4v) is 2.88. The van der Waals surface area contributed by atoms with Gasteiger partial charge >= 0.3 is 5.97 Å². The molecule has 29 heavy (non-hydrogen) atoms. The molecule has 156 valence electrons. The maximum absolute atomic E-state index is 13.3. The maximum atomic E-state index is 13.3. The van der Waals surface area contributed by atoms with Crippen molar-refractivity contribution in [1.29, 1.82) is 0 Å². The Balaban J connectivity index is 2.02. The van der Waals surface area contributed by atoms with Gasteiger partial charge in [0.2, 0.25) is 0 Å². The Morgan fingerprint density at radius 2 is 1.90 bits per heavy atom. The molecule has 0 saturated carbocycles. The van der Waals surface area contributed by atoms with Gasteiger partial charge in [0.1, 0.15) is 18.0 Å². The number of nitrogens with zero attached hydrogens (tertiary/aromatic N) is 1. The number of nitrogens with one attached hydrogen (secondary N) is 1. The number of aromatic hydroxyl groups is 1. The van der Waals surface area contributed by atoms with Gasteiger partial charge in [-0.15, -0.1) is 0 Å². The summed E-state index contributed by atoms with van der Waals surface area (Å²) in [5, 5.41) is 12.5. The van der Waals surface area contributed by atoms with Crippen molar-refractivity contribution in [2.24, 2.45) is 0 Å². The molecular formula is C21H25FN2O5. The van der Waals surface area contributed by atoms with Crippen LogP contribution < -0.4 is 10.1 Å². The van der Waals surface area contributed by atoms with Crippen LogP contribution in [0.25, 0.3) is 0 Å². The van der Waals surface area contributed by atoms with Crippen LogP contribution in [0.1, 0.15) is 48.3 Å². The number of benzene rings is 1. The predicted octanol–water partition coefficient (Wildman–Crippen LogP) is 3.10. The van der Waals surface area contributed by atoms with Crippen molar-refractivity contribution in [2.75, 3.05) is 7.11 Å². The Labute approximate surface area is 168 Å². The Kier molecular flexibility index (Phi) is 7.14. The minimum absolute atomic E-state index is 0.0949. The lowest BCUT2D eigenvalue weighted by atomic mass is 9.92. The summed E-state index contributed by atoms with van der Waals surface area (Å²) in [4.78, 5) is 28.6. The van der Waals surface area contributed by atoms with Crippen molar-refractivity contribution in [1.82, 2.24) is 10.3 Å². The third-order valence-electron chi connectivity index (χ3n) is 4.75. The van der Waals surface area contributed by atoms with Gasteiger partial charge in [0.15, 0.2) is 17.2 Å². The molecule has 1 heterocycles. The van der Waals surface area contributed by atoms with Gasteiger partial charge in [0.05, 0.1) is 7.11 Å². The Morgan fingerprint density at radius 1 is 1.21 bits per heavy atom. The molecule has 0 radical (unpaired) electrons. The highest BCUT2D eigenvalue weighted by Crippen LogP contribution is 2.28. The van der Waals surface area contributed by atoms with Gasteiger partial charge in [-0.25, -0.2) is 14.2 Å². The van der Waals surface area contributed by atoms with Gasteiger partial charge in [0.25, 0.3) is 5.91 Å². The largest absolute Gasteiger partial charge is 0.503 e. The second-order valence-electron chi connectivity index (χ2n) is 6.84. The van der Waals surface area contributed by atoms with E-state index >= 15 is 0 Å². The number of aromatic nitrogens is 1. The molecule has 2 N–H and O–H groups in total. The highest BCUT2D eigenvalue weighted by atomic mass is 19.1. The van der Waals surface area contributed by atoms with Crippen molar-refractivity contribution >= 4 is 11.9 Å². The van der Waals surface area contributed by atoms with Gasteiger partial charge in [-0.3, -0.25) is 4.79 Å². The molecule has 0 spiro atoms. The molecule has 8 heteroatoms. The standard InChI is InChI=1S/C21H25FN2O5/c1-11-10-15(22)6-7-16(11)12(2)14(4)29-21(27)13(3)24-20(26)18-19(25)17(28-5)8-9-23-18/h6-10,12-14,25H,1-5H3,(H,24,26)/t12-,13-,14-/m0/s1. The predicted molar refractivity (Wildman–Crippen MR) is 104 cm³/mol. The molecule has 2 aromatic rings. The summed E-state index contributed by atoms with van der Waals surface area (Å²) < 4.78 is 23.7. The zero-order chi connectivity index (χ0) is 21.7. The van der Waals surface area contributed by atoms with Crippen LogP contribution in [0.2, 0.25) is 0 Å². The number of carbonyl (C=O) groups is 2. The lowest BCUT2D eigenvalue weighted by molar-refractivity contribution is -0.151. The number of pyridine rings is 1. The molecule has 2 rings (SSSR count). The van der Waals surface area contributed by atoms with Crippen LogP contribution in [0, 0.1) is 12.7 Å². The topological polar surface area (TPSA) is 97.8 Å². The fraction of sp³-hybridized carbons (Fsp3) is 0.381. The van der Waals surface area contributed by atoms with E-state index in [1.807, 2.05) is 6.92 Å². The van der Waals surface area contributed by atoms with Gasteiger partial charge in [0, 0.05) is 18.2 Å². The third kappa shape index (κ3) is 5.22. The van der Waals surface area contributed by atoms with E-state index in [1.165, 1.54) is 38.4 Å². The average Bonchev–Trinajstić information content (AvgIpc) is 2.67. The highest BCUT2D eigenvalue weighted by molar-refractivity contribution is 5.97. The van der Waals surface area contributed by atoms with Crippen molar-refractivity contribution in [3.05, 3.63) is 53.1 Å². The van der Waals surface area contributed by atoms with Crippen molar-refractivity contribution in [3.8, 4) is 11.5 Å². The van der Waals surface area contributed by atoms with E-state index in [0.717, 1.165) is 11.1 Å². The van der Waals surface area contributed by atoms with Crippen molar-refractivity contribution < 1.29 is 28.6 Å². The SMILES string of the molecule is COc1ccnc(C(=O)N[C@@H](C)C(=O)O[C@@H](C)[C@H](C)c2ccc(F)cc2C)c1O. The lowest BCUT2D eigenvalue weighted by Crippen LogP contribution is -2.41. The number of halogens is 1. The molecule has 3 atom stereocenters. The Bertz CT molecular complexity index is 903. The first-order chi connectivity index (χ1) is 13.6. The average molecular weight is 404 g/mol. The zero-order valence-electron chi connectivity index (χ0n) is 17.0. The molecule has 0 aliphatic rings. The minimum atomic E-state index is -0.973. The van der Waals surface area contributed by atoms with Crippen LogP contribution in [0.5, 0.6) is 11.5 Å². The molecular weight excluding hydrogens is 379 g/mol. The number of ether oxygens (including phenoxy) is 2. The van der Waals surface area contributed by atoms with E-state index in [9.17, 15) is 19.1 Å². The molecule has 0 bridgehead atoms. The monoisotopic (exact) mass is 404 g/mol. The summed E-state index contributed by atoms with van der Waals surface area (Å²) in [6.45, 7) is 6.87.